The summed E-state index contributed by atoms with van der Waals surface area (Å²) < 4.78 is 32.5. The second kappa shape index (κ2) is 11.1. The van der Waals surface area contributed by atoms with Crippen molar-refractivity contribution in [2.45, 2.75) is 64.1 Å². The van der Waals surface area contributed by atoms with E-state index in [2.05, 4.69) is 40.9 Å². The van der Waals surface area contributed by atoms with Gasteiger partial charge in [-0.2, -0.15) is 0 Å². The van der Waals surface area contributed by atoms with Gasteiger partial charge < -0.3 is 20.3 Å². The van der Waals surface area contributed by atoms with Crippen LogP contribution in [0.2, 0.25) is 0 Å². The van der Waals surface area contributed by atoms with Gasteiger partial charge in [-0.15, -0.1) is 0 Å². The Bertz CT molecular complexity index is 1160. The number of carbonyl (C=O) groups excluding carboxylic acids is 1. The maximum atomic E-state index is 13.8. The third-order valence-corrected chi connectivity index (χ3v) is 6.53. The molecule has 0 spiro atoms. The van der Waals surface area contributed by atoms with Crippen LogP contribution in [0.3, 0.4) is 0 Å². The van der Waals surface area contributed by atoms with Gasteiger partial charge in [-0.25, -0.2) is 8.78 Å². The zero-order valence-electron chi connectivity index (χ0n) is 20.0. The molecule has 1 aliphatic carbocycles. The first-order valence-corrected chi connectivity index (χ1v) is 12.0. The molecule has 1 aliphatic rings. The molecule has 1 aromatic heterocycles. The van der Waals surface area contributed by atoms with Gasteiger partial charge in [0.1, 0.15) is 17.4 Å². The number of halogens is 2. The lowest BCUT2D eigenvalue weighted by molar-refractivity contribution is 0.0814. The highest BCUT2D eigenvalue weighted by Gasteiger charge is 2.27. The summed E-state index contributed by atoms with van der Waals surface area (Å²) in [5, 5.41) is 21.0. The summed E-state index contributed by atoms with van der Waals surface area (Å²) in [6, 6.07) is 10.5. The highest BCUT2D eigenvalue weighted by molar-refractivity contribution is 5.92. The second-order valence-corrected chi connectivity index (χ2v) is 9.19. The minimum atomic E-state index is -1.02. The van der Waals surface area contributed by atoms with Crippen molar-refractivity contribution in [3.63, 3.8) is 0 Å². The molecule has 35 heavy (non-hydrogen) atoms. The predicted molar refractivity (Wildman–Crippen MR) is 128 cm³/mol. The number of nitrogens with zero attached hydrogens (tertiary/aromatic N) is 1. The molecule has 2 aromatic carbocycles. The van der Waals surface area contributed by atoms with Gasteiger partial charge in [0.05, 0.1) is 12.1 Å². The van der Waals surface area contributed by atoms with Crippen LogP contribution in [0.1, 0.15) is 64.3 Å². The van der Waals surface area contributed by atoms with E-state index < -0.39 is 29.7 Å². The maximum Gasteiger partial charge on any atom is 0.273 e. The van der Waals surface area contributed by atoms with Gasteiger partial charge in [-0.3, -0.25) is 4.79 Å². The van der Waals surface area contributed by atoms with Crippen LogP contribution in [-0.4, -0.2) is 34.9 Å². The van der Waals surface area contributed by atoms with Crippen LogP contribution in [0.15, 0.2) is 47.0 Å². The number of carbonyl (C=O) groups is 1. The molecule has 8 heteroatoms. The minimum absolute atomic E-state index is 0.0430. The SMILES string of the molecule is CCc1ccc2c(c1)[C@@H](NCC(O)C(Cc1cc(F)cc(F)c1)NC(=O)c1cc(C)on1)CCC2. The Hall–Kier alpha value is -3.10. The van der Waals surface area contributed by atoms with E-state index in [4.69, 9.17) is 4.52 Å². The van der Waals surface area contributed by atoms with Crippen LogP contribution in [0.4, 0.5) is 8.78 Å². The predicted octanol–water partition coefficient (Wildman–Crippen LogP) is 4.19. The van der Waals surface area contributed by atoms with Crippen molar-refractivity contribution in [2.75, 3.05) is 6.54 Å². The molecule has 0 saturated heterocycles. The van der Waals surface area contributed by atoms with E-state index in [0.29, 0.717) is 11.3 Å². The Morgan fingerprint density at radius 1 is 1.17 bits per heavy atom. The van der Waals surface area contributed by atoms with Gasteiger partial charge in [0.25, 0.3) is 5.91 Å². The number of hydrogen-bond donors (Lipinski definition) is 3. The molecule has 0 saturated carbocycles. The average Bonchev–Trinajstić information content (AvgIpc) is 3.27. The van der Waals surface area contributed by atoms with E-state index >= 15 is 0 Å². The topological polar surface area (TPSA) is 87.4 Å². The molecule has 0 radical (unpaired) electrons. The van der Waals surface area contributed by atoms with Crippen LogP contribution in [0.25, 0.3) is 0 Å². The van der Waals surface area contributed by atoms with Crippen LogP contribution < -0.4 is 10.6 Å². The fraction of sp³-hybridized carbons (Fsp3) is 0.407. The lowest BCUT2D eigenvalue weighted by Crippen LogP contribution is -2.49. The largest absolute Gasteiger partial charge is 0.390 e. The van der Waals surface area contributed by atoms with Gasteiger partial charge in [0.15, 0.2) is 5.69 Å². The lowest BCUT2D eigenvalue weighted by atomic mass is 9.86. The van der Waals surface area contributed by atoms with E-state index in [9.17, 15) is 18.7 Å². The summed E-state index contributed by atoms with van der Waals surface area (Å²) in [6.45, 7) is 3.98. The number of aliphatic hydroxyl groups excluding tert-OH is 1. The van der Waals surface area contributed by atoms with E-state index in [1.54, 1.807) is 6.92 Å². The monoisotopic (exact) mass is 483 g/mol. The summed E-state index contributed by atoms with van der Waals surface area (Å²) in [7, 11) is 0. The van der Waals surface area contributed by atoms with E-state index in [1.807, 2.05) is 0 Å². The standard InChI is InChI=1S/C27H31F2N3O3/c1-3-17-7-8-19-5-4-6-23(22(19)12-17)30-15-26(33)24(13-18-10-20(28)14-21(29)11-18)31-27(34)25-9-16(2)35-32-25/h7-12,14,23-24,26,30,33H,3-6,13,15H2,1-2H3,(H,31,34)/t23-,24?,26?/m0/s1. The van der Waals surface area contributed by atoms with Crippen molar-refractivity contribution in [1.82, 2.24) is 15.8 Å². The Labute approximate surface area is 203 Å². The number of aryl methyl sites for hydroxylation is 3. The summed E-state index contributed by atoms with van der Waals surface area (Å²) in [5.41, 5.74) is 4.22. The molecule has 3 N–H and O–H groups in total. The number of nitrogens with one attached hydrogen (secondary N) is 2. The number of amides is 1. The molecule has 0 aliphatic heterocycles. The number of benzene rings is 2. The van der Waals surface area contributed by atoms with Crippen molar-refractivity contribution in [3.8, 4) is 0 Å². The molecule has 1 heterocycles. The Balaban J connectivity index is 1.50. The van der Waals surface area contributed by atoms with Crippen LogP contribution >= 0.6 is 0 Å². The van der Waals surface area contributed by atoms with Gasteiger partial charge >= 0.3 is 0 Å². The molecule has 4 rings (SSSR count). The van der Waals surface area contributed by atoms with Crippen LogP contribution in [0.5, 0.6) is 0 Å². The van der Waals surface area contributed by atoms with Gasteiger partial charge in [-0.1, -0.05) is 30.3 Å². The van der Waals surface area contributed by atoms with Crippen molar-refractivity contribution < 1.29 is 23.2 Å². The molecule has 0 fully saturated rings. The molecular weight excluding hydrogens is 452 g/mol. The highest BCUT2D eigenvalue weighted by Crippen LogP contribution is 2.30. The molecule has 1 amide bonds. The lowest BCUT2D eigenvalue weighted by Gasteiger charge is -2.30. The summed E-state index contributed by atoms with van der Waals surface area (Å²) in [4.78, 5) is 12.7. The number of hydrogen-bond acceptors (Lipinski definition) is 5. The third kappa shape index (κ3) is 6.32. The fourth-order valence-electron chi connectivity index (χ4n) is 4.67. The molecule has 6 nitrogen and oxygen atoms in total. The number of aromatic nitrogens is 1. The van der Waals surface area contributed by atoms with Crippen LogP contribution in [0, 0.1) is 18.6 Å². The molecule has 186 valence electrons. The van der Waals surface area contributed by atoms with E-state index in [1.165, 1.54) is 34.9 Å². The molecule has 3 aromatic rings. The van der Waals surface area contributed by atoms with Crippen molar-refractivity contribution in [2.24, 2.45) is 0 Å². The highest BCUT2D eigenvalue weighted by atomic mass is 19.1. The number of fused-ring (bicyclic) bond motifs is 1. The van der Waals surface area contributed by atoms with E-state index in [0.717, 1.165) is 31.7 Å². The quantitative estimate of drug-likeness (QED) is 0.425. The third-order valence-electron chi connectivity index (χ3n) is 6.53. The summed E-state index contributed by atoms with van der Waals surface area (Å²) in [5.74, 6) is -1.48. The smallest absolute Gasteiger partial charge is 0.273 e. The number of aliphatic hydroxyl groups is 1. The molecular formula is C27H31F2N3O3. The summed E-state index contributed by atoms with van der Waals surface area (Å²) >= 11 is 0. The van der Waals surface area contributed by atoms with Crippen molar-refractivity contribution in [1.29, 1.82) is 0 Å². The van der Waals surface area contributed by atoms with Gasteiger partial charge in [0.2, 0.25) is 0 Å². The second-order valence-electron chi connectivity index (χ2n) is 9.19. The zero-order valence-corrected chi connectivity index (χ0v) is 20.0. The molecule has 2 unspecified atom stereocenters. The Morgan fingerprint density at radius 2 is 1.94 bits per heavy atom. The Kier molecular flexibility index (Phi) is 7.93. The average molecular weight is 484 g/mol. The van der Waals surface area contributed by atoms with Crippen molar-refractivity contribution >= 4 is 5.91 Å². The maximum absolute atomic E-state index is 13.8. The first-order chi connectivity index (χ1) is 16.8. The van der Waals surface area contributed by atoms with E-state index in [-0.39, 0.29) is 24.7 Å². The minimum Gasteiger partial charge on any atom is -0.390 e. The normalized spacial score (nSPS) is 17.0. The van der Waals surface area contributed by atoms with Crippen LogP contribution in [-0.2, 0) is 19.3 Å². The first kappa shape index (κ1) is 25.0. The summed E-state index contributed by atoms with van der Waals surface area (Å²) in [6.07, 6.45) is 2.99. The zero-order chi connectivity index (χ0) is 24.9. The Morgan fingerprint density at radius 3 is 2.63 bits per heavy atom. The number of rotatable bonds is 9. The first-order valence-electron chi connectivity index (χ1n) is 12.0. The van der Waals surface area contributed by atoms with Gasteiger partial charge in [0, 0.05) is 24.7 Å². The molecule has 3 atom stereocenters. The van der Waals surface area contributed by atoms with Gasteiger partial charge in [-0.05, 0) is 73.4 Å². The van der Waals surface area contributed by atoms with Crippen molar-refractivity contribution in [3.05, 3.63) is 87.8 Å². The molecule has 0 bridgehead atoms. The fourth-order valence-corrected chi connectivity index (χ4v) is 4.67.